The van der Waals surface area contributed by atoms with Crippen LogP contribution < -0.4 is 0 Å². The maximum Gasteiger partial charge on any atom is 0.312 e. The van der Waals surface area contributed by atoms with Crippen molar-refractivity contribution in [3.8, 4) is 0 Å². The van der Waals surface area contributed by atoms with Crippen LogP contribution in [0.1, 0.15) is 69.8 Å². The Kier molecular flexibility index (Phi) is 6.35. The van der Waals surface area contributed by atoms with E-state index in [1.54, 1.807) is 7.11 Å². The van der Waals surface area contributed by atoms with Crippen LogP contribution in [-0.4, -0.2) is 47.6 Å². The first-order chi connectivity index (χ1) is 15.2. The van der Waals surface area contributed by atoms with E-state index in [4.69, 9.17) is 14.5 Å². The summed E-state index contributed by atoms with van der Waals surface area (Å²) in [6, 6.07) is 2.53. The van der Waals surface area contributed by atoms with Gasteiger partial charge in [0.2, 0.25) is 0 Å². The standard InChI is InChI=1S/C26H37N3O3/c1-16-11-17(2)27-19(16)13-21-24(31-6)14-20(28-21)23-12-18-9-7-8-10-22(18)29(23)15-32-25(30)26(3,4)5/h11-13,18,22,24,27H,7-10,14-15H2,1-6H3/b21-13-/t18?,22-,24?/m0/s1. The zero-order valence-corrected chi connectivity index (χ0v) is 20.3. The lowest BCUT2D eigenvalue weighted by atomic mass is 9.86. The minimum atomic E-state index is -0.510. The highest BCUT2D eigenvalue weighted by atomic mass is 16.5. The number of aryl methyl sites for hydroxylation is 2. The Labute approximate surface area is 191 Å². The van der Waals surface area contributed by atoms with Crippen molar-refractivity contribution in [3.05, 3.63) is 40.5 Å². The van der Waals surface area contributed by atoms with Crippen LogP contribution in [-0.2, 0) is 14.3 Å². The molecule has 6 heteroatoms. The molecule has 2 unspecified atom stereocenters. The predicted molar refractivity (Wildman–Crippen MR) is 127 cm³/mol. The van der Waals surface area contributed by atoms with E-state index in [2.05, 4.69) is 41.9 Å². The second-order valence-corrected chi connectivity index (χ2v) is 10.5. The van der Waals surface area contributed by atoms with Crippen LogP contribution in [0, 0.1) is 25.2 Å². The molecule has 0 radical (unpaired) electrons. The summed E-state index contributed by atoms with van der Waals surface area (Å²) in [4.78, 5) is 23.2. The molecule has 0 bridgehead atoms. The van der Waals surface area contributed by atoms with Crippen molar-refractivity contribution in [2.45, 2.75) is 78.9 Å². The maximum absolute atomic E-state index is 12.5. The molecule has 6 nitrogen and oxygen atoms in total. The first-order valence-electron chi connectivity index (χ1n) is 11.8. The van der Waals surface area contributed by atoms with Crippen LogP contribution >= 0.6 is 0 Å². The molecule has 0 aromatic carbocycles. The third-order valence-electron chi connectivity index (χ3n) is 6.85. The number of aromatic nitrogens is 1. The van der Waals surface area contributed by atoms with Gasteiger partial charge < -0.3 is 19.4 Å². The van der Waals surface area contributed by atoms with Gasteiger partial charge in [-0.2, -0.15) is 0 Å². The van der Waals surface area contributed by atoms with Gasteiger partial charge in [0.1, 0.15) is 6.10 Å². The van der Waals surface area contributed by atoms with Crippen LogP contribution in [0.4, 0.5) is 0 Å². The Morgan fingerprint density at radius 3 is 2.69 bits per heavy atom. The van der Waals surface area contributed by atoms with Crippen LogP contribution in [0.5, 0.6) is 0 Å². The quantitative estimate of drug-likeness (QED) is 0.645. The number of esters is 1. The Balaban J connectivity index is 1.61. The summed E-state index contributed by atoms with van der Waals surface area (Å²) in [6.07, 6.45) is 9.92. The van der Waals surface area contributed by atoms with Gasteiger partial charge in [-0.3, -0.25) is 9.79 Å². The summed E-state index contributed by atoms with van der Waals surface area (Å²) in [5.41, 5.74) is 6.00. The number of aromatic amines is 1. The molecule has 1 aliphatic carbocycles. The molecular formula is C26H37N3O3. The van der Waals surface area contributed by atoms with E-state index in [0.717, 1.165) is 41.3 Å². The van der Waals surface area contributed by atoms with Crippen LogP contribution in [0.3, 0.4) is 0 Å². The molecule has 0 spiro atoms. The Morgan fingerprint density at radius 2 is 2.03 bits per heavy atom. The Hall–Kier alpha value is -2.34. The van der Waals surface area contributed by atoms with E-state index < -0.39 is 5.41 Å². The zero-order chi connectivity index (χ0) is 23.0. The van der Waals surface area contributed by atoms with E-state index in [1.807, 2.05) is 20.8 Å². The first-order valence-corrected chi connectivity index (χ1v) is 11.8. The van der Waals surface area contributed by atoms with Gasteiger partial charge in [-0.1, -0.05) is 18.9 Å². The number of ether oxygens (including phenoxy) is 2. The lowest BCUT2D eigenvalue weighted by Gasteiger charge is -2.35. The lowest BCUT2D eigenvalue weighted by Crippen LogP contribution is -2.40. The number of carbonyl (C=O) groups excluding carboxylic acids is 1. The van der Waals surface area contributed by atoms with E-state index in [9.17, 15) is 4.79 Å². The molecular weight excluding hydrogens is 402 g/mol. The van der Waals surface area contributed by atoms with Crippen LogP contribution in [0.25, 0.3) is 6.08 Å². The number of fused-ring (bicyclic) bond motifs is 1. The molecule has 3 heterocycles. The molecule has 0 saturated heterocycles. The number of hydrogen-bond acceptors (Lipinski definition) is 5. The van der Waals surface area contributed by atoms with Crippen molar-refractivity contribution in [1.82, 2.24) is 9.88 Å². The molecule has 1 aromatic rings. The number of hydrogen-bond donors (Lipinski definition) is 1. The van der Waals surface area contributed by atoms with Crippen molar-refractivity contribution in [2.24, 2.45) is 16.3 Å². The largest absolute Gasteiger partial charge is 0.444 e. The van der Waals surface area contributed by atoms with Gasteiger partial charge in [0.05, 0.1) is 22.5 Å². The topological polar surface area (TPSA) is 66.9 Å². The van der Waals surface area contributed by atoms with E-state index in [-0.39, 0.29) is 18.8 Å². The highest BCUT2D eigenvalue weighted by Gasteiger charge is 2.40. The highest BCUT2D eigenvalue weighted by Crippen LogP contribution is 2.40. The van der Waals surface area contributed by atoms with Gasteiger partial charge >= 0.3 is 5.97 Å². The highest BCUT2D eigenvalue weighted by molar-refractivity contribution is 6.03. The van der Waals surface area contributed by atoms with Gasteiger partial charge in [0.15, 0.2) is 6.73 Å². The number of nitrogens with one attached hydrogen (secondary N) is 1. The van der Waals surface area contributed by atoms with Gasteiger partial charge in [-0.05, 0) is 71.1 Å². The average molecular weight is 440 g/mol. The van der Waals surface area contributed by atoms with Crippen molar-refractivity contribution < 1.29 is 14.3 Å². The number of allylic oxidation sites excluding steroid dienone is 1. The van der Waals surface area contributed by atoms with Gasteiger partial charge in [-0.15, -0.1) is 0 Å². The molecule has 3 atom stereocenters. The van der Waals surface area contributed by atoms with Gasteiger partial charge in [0.25, 0.3) is 0 Å². The molecule has 1 aromatic heterocycles. The summed E-state index contributed by atoms with van der Waals surface area (Å²) < 4.78 is 11.6. The van der Waals surface area contributed by atoms with Gasteiger partial charge in [0, 0.05) is 31.0 Å². The maximum atomic E-state index is 12.5. The molecule has 4 rings (SSSR count). The summed E-state index contributed by atoms with van der Waals surface area (Å²) in [6.45, 7) is 10.1. The number of aliphatic imine (C=N–C) groups is 1. The molecule has 2 aliphatic heterocycles. The number of H-pyrrole nitrogens is 1. The van der Waals surface area contributed by atoms with E-state index >= 15 is 0 Å². The fourth-order valence-corrected chi connectivity index (χ4v) is 5.06. The Bertz CT molecular complexity index is 963. The third-order valence-corrected chi connectivity index (χ3v) is 6.85. The summed E-state index contributed by atoms with van der Waals surface area (Å²) in [5.74, 6) is 0.328. The summed E-state index contributed by atoms with van der Waals surface area (Å²) in [5, 5.41) is 0. The molecule has 32 heavy (non-hydrogen) atoms. The molecule has 1 fully saturated rings. The van der Waals surface area contributed by atoms with Gasteiger partial charge in [-0.25, -0.2) is 0 Å². The fraction of sp³-hybridized carbons (Fsp3) is 0.615. The van der Waals surface area contributed by atoms with Crippen molar-refractivity contribution >= 4 is 17.8 Å². The minimum absolute atomic E-state index is 0.0736. The number of methoxy groups -OCH3 is 1. The third kappa shape index (κ3) is 4.56. The van der Waals surface area contributed by atoms with E-state index in [1.165, 1.54) is 24.8 Å². The van der Waals surface area contributed by atoms with Crippen molar-refractivity contribution in [3.63, 3.8) is 0 Å². The molecule has 0 amide bonds. The number of rotatable bonds is 5. The summed E-state index contributed by atoms with van der Waals surface area (Å²) >= 11 is 0. The fourth-order valence-electron chi connectivity index (χ4n) is 5.06. The zero-order valence-electron chi connectivity index (χ0n) is 20.3. The SMILES string of the molecule is COC1CC(C2=CC3CCCC[C@@H]3N2COC(=O)C(C)(C)C)=N/C1=C\c1[nH]c(C)cc1C. The number of carbonyl (C=O) groups is 1. The second kappa shape index (κ2) is 8.89. The molecule has 1 saturated carbocycles. The van der Waals surface area contributed by atoms with Crippen molar-refractivity contribution in [1.29, 1.82) is 0 Å². The predicted octanol–water partition coefficient (Wildman–Crippen LogP) is 5.14. The first kappa shape index (κ1) is 22.8. The smallest absolute Gasteiger partial charge is 0.312 e. The lowest BCUT2D eigenvalue weighted by molar-refractivity contribution is -0.157. The Morgan fingerprint density at radius 1 is 1.28 bits per heavy atom. The minimum Gasteiger partial charge on any atom is -0.444 e. The van der Waals surface area contributed by atoms with Crippen LogP contribution in [0.15, 0.2) is 28.5 Å². The van der Waals surface area contributed by atoms with E-state index in [0.29, 0.717) is 12.0 Å². The molecule has 1 N–H and O–H groups in total. The summed E-state index contributed by atoms with van der Waals surface area (Å²) in [7, 11) is 1.75. The average Bonchev–Trinajstić information content (AvgIpc) is 3.40. The second-order valence-electron chi connectivity index (χ2n) is 10.5. The monoisotopic (exact) mass is 439 g/mol. The van der Waals surface area contributed by atoms with Crippen molar-refractivity contribution in [2.75, 3.05) is 13.8 Å². The number of nitrogens with zero attached hydrogens (tertiary/aromatic N) is 2. The normalized spacial score (nSPS) is 26.9. The molecule has 3 aliphatic rings. The van der Waals surface area contributed by atoms with Crippen LogP contribution in [0.2, 0.25) is 0 Å². The molecule has 174 valence electrons.